The zero-order valence-electron chi connectivity index (χ0n) is 19.3. The van der Waals surface area contributed by atoms with Gasteiger partial charge in [-0.3, -0.25) is 9.69 Å². The van der Waals surface area contributed by atoms with Crippen molar-refractivity contribution in [3.63, 3.8) is 0 Å². The first kappa shape index (κ1) is 24.9. The second-order valence-electron chi connectivity index (χ2n) is 7.70. The van der Waals surface area contributed by atoms with Crippen molar-refractivity contribution in [1.29, 1.82) is 0 Å². The van der Waals surface area contributed by atoms with Crippen LogP contribution in [0.4, 0.5) is 5.13 Å². The van der Waals surface area contributed by atoms with E-state index in [4.69, 9.17) is 9.47 Å². The molecule has 1 heterocycles. The molecule has 0 aliphatic heterocycles. The lowest BCUT2D eigenvalue weighted by Crippen LogP contribution is -2.37. The van der Waals surface area contributed by atoms with E-state index in [1.165, 1.54) is 35.5 Å². The topological polar surface area (TPSA) is 89.0 Å². The van der Waals surface area contributed by atoms with E-state index in [0.717, 1.165) is 22.5 Å². The summed E-state index contributed by atoms with van der Waals surface area (Å²) in [5.74, 6) is 0.134. The van der Waals surface area contributed by atoms with Gasteiger partial charge in [-0.15, -0.1) is 0 Å². The molecule has 0 spiro atoms. The average molecular weight is 492 g/mol. The highest BCUT2D eigenvalue weighted by molar-refractivity contribution is 7.92. The Morgan fingerprint density at radius 1 is 1.06 bits per heavy atom. The number of sulfone groups is 1. The number of thiazole rings is 1. The second kappa shape index (κ2) is 11.0. The maximum absolute atomic E-state index is 13.2. The lowest BCUT2D eigenvalue weighted by molar-refractivity contribution is -0.116. The lowest BCUT2D eigenvalue weighted by atomic mass is 10.3. The standard InChI is InChI=1S/C23H29N3O5S2/c1-5-31-18-9-12-20-21(15-18)32-23(24-20)26(14-6-13-25(2)3)22(27)16-33(28,29)19-10-7-17(30-4)8-11-19/h7-12,15H,5-6,13-14,16H2,1-4H3. The first-order chi connectivity index (χ1) is 15.7. The number of anilines is 1. The second-order valence-corrected chi connectivity index (χ2v) is 10.7. The van der Waals surface area contributed by atoms with Gasteiger partial charge in [-0.1, -0.05) is 11.3 Å². The summed E-state index contributed by atoms with van der Waals surface area (Å²) in [4.78, 5) is 21.4. The van der Waals surface area contributed by atoms with E-state index in [0.29, 0.717) is 30.5 Å². The molecule has 8 nitrogen and oxygen atoms in total. The Kier molecular flexibility index (Phi) is 8.28. The Hall–Kier alpha value is -2.69. The van der Waals surface area contributed by atoms with Gasteiger partial charge >= 0.3 is 0 Å². The van der Waals surface area contributed by atoms with E-state index < -0.39 is 21.5 Å². The maximum atomic E-state index is 13.2. The number of amides is 1. The van der Waals surface area contributed by atoms with Crippen molar-refractivity contribution in [2.45, 2.75) is 18.2 Å². The number of nitrogens with zero attached hydrogens (tertiary/aromatic N) is 3. The number of carbonyl (C=O) groups is 1. The largest absolute Gasteiger partial charge is 0.497 e. The van der Waals surface area contributed by atoms with Crippen LogP contribution in [-0.4, -0.2) is 70.9 Å². The molecule has 0 saturated heterocycles. The third kappa shape index (κ3) is 6.43. The van der Waals surface area contributed by atoms with Gasteiger partial charge < -0.3 is 14.4 Å². The Morgan fingerprint density at radius 2 is 1.76 bits per heavy atom. The molecule has 0 N–H and O–H groups in total. The lowest BCUT2D eigenvalue weighted by Gasteiger charge is -2.21. The van der Waals surface area contributed by atoms with E-state index in [-0.39, 0.29) is 4.90 Å². The highest BCUT2D eigenvalue weighted by Gasteiger charge is 2.26. The van der Waals surface area contributed by atoms with E-state index in [1.54, 1.807) is 12.1 Å². The Balaban J connectivity index is 1.87. The molecule has 3 aromatic rings. The van der Waals surface area contributed by atoms with Crippen LogP contribution in [-0.2, 0) is 14.6 Å². The van der Waals surface area contributed by atoms with E-state index >= 15 is 0 Å². The minimum Gasteiger partial charge on any atom is -0.497 e. The van der Waals surface area contributed by atoms with Crippen molar-refractivity contribution < 1.29 is 22.7 Å². The van der Waals surface area contributed by atoms with Gasteiger partial charge in [0.2, 0.25) is 5.91 Å². The first-order valence-corrected chi connectivity index (χ1v) is 13.1. The molecule has 33 heavy (non-hydrogen) atoms. The number of hydrogen-bond donors (Lipinski definition) is 0. The van der Waals surface area contributed by atoms with Gasteiger partial charge in [-0.2, -0.15) is 0 Å². The minimum atomic E-state index is -3.82. The summed E-state index contributed by atoms with van der Waals surface area (Å²) in [6.45, 7) is 3.59. The summed E-state index contributed by atoms with van der Waals surface area (Å²) < 4.78 is 37.4. The fourth-order valence-electron chi connectivity index (χ4n) is 3.24. The number of fused-ring (bicyclic) bond motifs is 1. The number of carbonyl (C=O) groups excluding carboxylic acids is 1. The molecule has 178 valence electrons. The van der Waals surface area contributed by atoms with Gasteiger partial charge in [0.25, 0.3) is 0 Å². The fraction of sp³-hybridized carbons (Fsp3) is 0.391. The summed E-state index contributed by atoms with van der Waals surface area (Å²) in [7, 11) is 1.59. The highest BCUT2D eigenvalue weighted by Crippen LogP contribution is 2.32. The fourth-order valence-corrected chi connectivity index (χ4v) is 5.48. The van der Waals surface area contributed by atoms with E-state index in [9.17, 15) is 13.2 Å². The summed E-state index contributed by atoms with van der Waals surface area (Å²) in [5, 5.41) is 0.479. The molecule has 0 unspecified atom stereocenters. The number of methoxy groups -OCH3 is 1. The molecule has 0 bridgehead atoms. The molecule has 10 heteroatoms. The number of hydrogen-bond acceptors (Lipinski definition) is 8. The van der Waals surface area contributed by atoms with Crippen LogP contribution < -0.4 is 14.4 Å². The summed E-state index contributed by atoms with van der Waals surface area (Å²) in [5.41, 5.74) is 0.738. The SMILES string of the molecule is CCOc1ccc2nc(N(CCCN(C)C)C(=O)CS(=O)(=O)c3ccc(OC)cc3)sc2c1. The number of ether oxygens (including phenoxy) is 2. The third-order valence-corrected chi connectivity index (χ3v) is 7.57. The zero-order chi connectivity index (χ0) is 24.0. The van der Waals surface area contributed by atoms with Gasteiger partial charge in [-0.25, -0.2) is 13.4 Å². The normalized spacial score (nSPS) is 11.7. The first-order valence-electron chi connectivity index (χ1n) is 10.6. The van der Waals surface area contributed by atoms with Crippen LogP contribution in [0.5, 0.6) is 11.5 Å². The molecule has 0 fully saturated rings. The Labute approximate surface area is 198 Å². The van der Waals surface area contributed by atoms with Crippen molar-refractivity contribution in [2.24, 2.45) is 0 Å². The van der Waals surface area contributed by atoms with Gasteiger partial charge in [0, 0.05) is 6.54 Å². The third-order valence-electron chi connectivity index (χ3n) is 4.91. The Morgan fingerprint density at radius 3 is 2.39 bits per heavy atom. The molecular formula is C23H29N3O5S2. The van der Waals surface area contributed by atoms with Gasteiger partial charge in [-0.05, 0) is 76.4 Å². The molecule has 0 radical (unpaired) electrons. The van der Waals surface area contributed by atoms with Crippen LogP contribution in [0.2, 0.25) is 0 Å². The van der Waals surface area contributed by atoms with Crippen LogP contribution in [0.3, 0.4) is 0 Å². The minimum absolute atomic E-state index is 0.0792. The Bertz CT molecular complexity index is 1190. The van der Waals surface area contributed by atoms with Crippen molar-refractivity contribution in [2.75, 3.05) is 51.6 Å². The summed E-state index contributed by atoms with van der Waals surface area (Å²) in [6, 6.07) is 11.6. The van der Waals surface area contributed by atoms with Crippen LogP contribution in [0.1, 0.15) is 13.3 Å². The molecule has 0 aliphatic carbocycles. The highest BCUT2D eigenvalue weighted by atomic mass is 32.2. The monoisotopic (exact) mass is 491 g/mol. The van der Waals surface area contributed by atoms with Crippen LogP contribution in [0, 0.1) is 0 Å². The quantitative estimate of drug-likeness (QED) is 0.406. The zero-order valence-corrected chi connectivity index (χ0v) is 20.9. The van der Waals surface area contributed by atoms with E-state index in [2.05, 4.69) is 4.98 Å². The van der Waals surface area contributed by atoms with Crippen molar-refractivity contribution >= 4 is 42.4 Å². The summed E-state index contributed by atoms with van der Waals surface area (Å²) in [6.07, 6.45) is 0.682. The molecule has 2 aromatic carbocycles. The average Bonchev–Trinajstić information content (AvgIpc) is 3.19. The molecule has 3 rings (SSSR count). The predicted octanol–water partition coefficient (Wildman–Crippen LogP) is 3.46. The predicted molar refractivity (Wildman–Crippen MR) is 131 cm³/mol. The molecule has 1 aromatic heterocycles. The van der Waals surface area contributed by atoms with Crippen LogP contribution >= 0.6 is 11.3 Å². The molecule has 1 amide bonds. The number of benzene rings is 2. The van der Waals surface area contributed by atoms with Gasteiger partial charge in [0.1, 0.15) is 17.3 Å². The number of rotatable bonds is 11. The molecular weight excluding hydrogens is 462 g/mol. The van der Waals surface area contributed by atoms with Crippen molar-refractivity contribution in [3.05, 3.63) is 42.5 Å². The van der Waals surface area contributed by atoms with Crippen molar-refractivity contribution in [3.8, 4) is 11.5 Å². The van der Waals surface area contributed by atoms with Gasteiger partial charge in [0.05, 0.1) is 28.8 Å². The molecule has 0 atom stereocenters. The van der Waals surface area contributed by atoms with Crippen LogP contribution in [0.15, 0.2) is 47.4 Å². The number of aromatic nitrogens is 1. The van der Waals surface area contributed by atoms with Crippen LogP contribution in [0.25, 0.3) is 10.2 Å². The summed E-state index contributed by atoms with van der Waals surface area (Å²) >= 11 is 1.35. The van der Waals surface area contributed by atoms with E-state index in [1.807, 2.05) is 44.1 Å². The van der Waals surface area contributed by atoms with Gasteiger partial charge in [0.15, 0.2) is 15.0 Å². The smallest absolute Gasteiger partial charge is 0.244 e. The maximum Gasteiger partial charge on any atom is 0.244 e. The van der Waals surface area contributed by atoms with Crippen molar-refractivity contribution in [1.82, 2.24) is 9.88 Å². The molecule has 0 saturated carbocycles. The molecule has 0 aliphatic rings.